The fraction of sp³-hybridized carbons (Fsp3) is 0.500. The Morgan fingerprint density at radius 1 is 1.29 bits per heavy atom. The third-order valence-electron chi connectivity index (χ3n) is 1.83. The van der Waals surface area contributed by atoms with Crippen molar-refractivity contribution >= 4 is 5.69 Å². The third kappa shape index (κ3) is 3.29. The second-order valence-corrected chi connectivity index (χ2v) is 3.73. The van der Waals surface area contributed by atoms with Crippen molar-refractivity contribution < 1.29 is 4.74 Å². The van der Waals surface area contributed by atoms with Gasteiger partial charge < -0.3 is 10.1 Å². The van der Waals surface area contributed by atoms with Gasteiger partial charge in [-0.05, 0) is 25.0 Å². The van der Waals surface area contributed by atoms with Gasteiger partial charge in [0.2, 0.25) is 0 Å². The zero-order valence-electron chi connectivity index (χ0n) is 9.21. The van der Waals surface area contributed by atoms with Gasteiger partial charge in [0, 0.05) is 6.54 Å². The lowest BCUT2D eigenvalue weighted by molar-refractivity contribution is 0.272. The Morgan fingerprint density at radius 2 is 2.00 bits per heavy atom. The van der Waals surface area contributed by atoms with Gasteiger partial charge in [-0.15, -0.1) is 0 Å². The molecule has 0 aromatic heterocycles. The highest BCUT2D eigenvalue weighted by Crippen LogP contribution is 2.23. The second-order valence-electron chi connectivity index (χ2n) is 3.73. The molecule has 0 fully saturated rings. The lowest BCUT2D eigenvalue weighted by Crippen LogP contribution is -2.07. The van der Waals surface area contributed by atoms with Crippen molar-refractivity contribution in [2.75, 3.05) is 18.5 Å². The lowest BCUT2D eigenvalue weighted by Gasteiger charge is -2.13. The van der Waals surface area contributed by atoms with E-state index in [1.54, 1.807) is 0 Å². The summed E-state index contributed by atoms with van der Waals surface area (Å²) in [6, 6.07) is 8.05. The predicted molar refractivity (Wildman–Crippen MR) is 60.9 cm³/mol. The minimum Gasteiger partial charge on any atom is -0.491 e. The molecule has 0 aliphatic heterocycles. The molecule has 0 unspecified atom stereocenters. The van der Waals surface area contributed by atoms with E-state index in [9.17, 15) is 0 Å². The van der Waals surface area contributed by atoms with E-state index in [1.165, 1.54) is 0 Å². The highest BCUT2D eigenvalue weighted by Gasteiger charge is 2.02. The van der Waals surface area contributed by atoms with Crippen LogP contribution in [0, 0.1) is 5.92 Å². The number of rotatable bonds is 5. The molecule has 1 aromatic rings. The molecule has 0 spiro atoms. The zero-order valence-corrected chi connectivity index (χ0v) is 9.21. The van der Waals surface area contributed by atoms with Gasteiger partial charge in [-0.25, -0.2) is 0 Å². The normalized spacial score (nSPS) is 10.3. The summed E-state index contributed by atoms with van der Waals surface area (Å²) in [5.74, 6) is 1.51. The monoisotopic (exact) mass is 193 g/mol. The summed E-state index contributed by atoms with van der Waals surface area (Å²) < 4.78 is 5.69. The first-order chi connectivity index (χ1) is 6.74. The minimum absolute atomic E-state index is 0.560. The van der Waals surface area contributed by atoms with Crippen LogP contribution in [-0.2, 0) is 0 Å². The fourth-order valence-corrected chi connectivity index (χ4v) is 1.19. The molecular formula is C12H19NO. The first-order valence-electron chi connectivity index (χ1n) is 5.19. The Hall–Kier alpha value is -1.18. The molecular weight excluding hydrogens is 174 g/mol. The van der Waals surface area contributed by atoms with Gasteiger partial charge in [0.25, 0.3) is 0 Å². The summed E-state index contributed by atoms with van der Waals surface area (Å²) in [5, 5.41) is 3.27. The van der Waals surface area contributed by atoms with Crippen LogP contribution in [0.4, 0.5) is 5.69 Å². The van der Waals surface area contributed by atoms with Crippen LogP contribution in [-0.4, -0.2) is 13.2 Å². The predicted octanol–water partition coefficient (Wildman–Crippen LogP) is 3.15. The summed E-state index contributed by atoms with van der Waals surface area (Å²) in [7, 11) is 0. The Bertz CT molecular complexity index is 271. The summed E-state index contributed by atoms with van der Waals surface area (Å²) in [5.41, 5.74) is 1.08. The van der Waals surface area contributed by atoms with Crippen LogP contribution >= 0.6 is 0 Å². The van der Waals surface area contributed by atoms with E-state index in [-0.39, 0.29) is 0 Å². The van der Waals surface area contributed by atoms with Gasteiger partial charge in [0.05, 0.1) is 12.3 Å². The van der Waals surface area contributed by atoms with Crippen LogP contribution in [0.5, 0.6) is 5.75 Å². The lowest BCUT2D eigenvalue weighted by atomic mass is 10.2. The average molecular weight is 193 g/mol. The van der Waals surface area contributed by atoms with E-state index in [1.807, 2.05) is 24.3 Å². The van der Waals surface area contributed by atoms with E-state index in [0.717, 1.165) is 24.6 Å². The molecule has 0 saturated carbocycles. The van der Waals surface area contributed by atoms with Gasteiger partial charge in [0.15, 0.2) is 0 Å². The Kier molecular flexibility index (Phi) is 4.30. The van der Waals surface area contributed by atoms with Gasteiger partial charge in [0.1, 0.15) is 5.75 Å². The second kappa shape index (κ2) is 5.53. The number of anilines is 1. The van der Waals surface area contributed by atoms with Crippen molar-refractivity contribution in [1.82, 2.24) is 0 Å². The number of para-hydroxylation sites is 2. The molecule has 0 saturated heterocycles. The summed E-state index contributed by atoms with van der Waals surface area (Å²) in [6.45, 7) is 8.06. The molecule has 0 aliphatic carbocycles. The van der Waals surface area contributed by atoms with Crippen LogP contribution in [0.3, 0.4) is 0 Å². The Balaban J connectivity index is 2.64. The number of hydrogen-bond acceptors (Lipinski definition) is 2. The summed E-state index contributed by atoms with van der Waals surface area (Å²) >= 11 is 0. The van der Waals surface area contributed by atoms with Crippen molar-refractivity contribution in [2.45, 2.75) is 20.8 Å². The Labute approximate surface area is 86.3 Å². The number of ether oxygens (including phenoxy) is 1. The van der Waals surface area contributed by atoms with Crippen molar-refractivity contribution in [3.8, 4) is 5.75 Å². The first kappa shape index (κ1) is 10.9. The van der Waals surface area contributed by atoms with Crippen LogP contribution < -0.4 is 10.1 Å². The van der Waals surface area contributed by atoms with Crippen molar-refractivity contribution in [2.24, 2.45) is 5.92 Å². The number of nitrogens with one attached hydrogen (secondary N) is 1. The summed E-state index contributed by atoms with van der Waals surface area (Å²) in [6.07, 6.45) is 0. The highest BCUT2D eigenvalue weighted by molar-refractivity contribution is 5.55. The third-order valence-corrected chi connectivity index (χ3v) is 1.83. The first-order valence-corrected chi connectivity index (χ1v) is 5.19. The maximum Gasteiger partial charge on any atom is 0.142 e. The van der Waals surface area contributed by atoms with Crippen LogP contribution in [0.15, 0.2) is 24.3 Å². The van der Waals surface area contributed by atoms with Gasteiger partial charge in [-0.2, -0.15) is 0 Å². The molecule has 0 heterocycles. The van der Waals surface area contributed by atoms with Gasteiger partial charge in [-0.3, -0.25) is 0 Å². The van der Waals surface area contributed by atoms with Crippen molar-refractivity contribution in [3.05, 3.63) is 24.3 Å². The quantitative estimate of drug-likeness (QED) is 0.775. The minimum atomic E-state index is 0.560. The molecule has 1 rings (SSSR count). The largest absolute Gasteiger partial charge is 0.491 e. The SMILES string of the molecule is CCNc1ccccc1OCC(C)C. The van der Waals surface area contributed by atoms with E-state index < -0.39 is 0 Å². The van der Waals surface area contributed by atoms with Crippen LogP contribution in [0.2, 0.25) is 0 Å². The van der Waals surface area contributed by atoms with Gasteiger partial charge in [-0.1, -0.05) is 26.0 Å². The molecule has 0 amide bonds. The maximum absolute atomic E-state index is 5.69. The van der Waals surface area contributed by atoms with Crippen LogP contribution in [0.1, 0.15) is 20.8 Å². The molecule has 0 atom stereocenters. The maximum atomic E-state index is 5.69. The Morgan fingerprint density at radius 3 is 2.64 bits per heavy atom. The van der Waals surface area contributed by atoms with E-state index in [0.29, 0.717) is 5.92 Å². The summed E-state index contributed by atoms with van der Waals surface area (Å²) in [4.78, 5) is 0. The van der Waals surface area contributed by atoms with E-state index in [2.05, 4.69) is 26.1 Å². The molecule has 14 heavy (non-hydrogen) atoms. The zero-order chi connectivity index (χ0) is 10.4. The smallest absolute Gasteiger partial charge is 0.142 e. The van der Waals surface area contributed by atoms with Crippen molar-refractivity contribution in [3.63, 3.8) is 0 Å². The molecule has 0 aliphatic rings. The van der Waals surface area contributed by atoms with E-state index in [4.69, 9.17) is 4.74 Å². The molecule has 2 nitrogen and oxygen atoms in total. The topological polar surface area (TPSA) is 21.3 Å². The van der Waals surface area contributed by atoms with Crippen molar-refractivity contribution in [1.29, 1.82) is 0 Å². The molecule has 78 valence electrons. The molecule has 2 heteroatoms. The average Bonchev–Trinajstić information content (AvgIpc) is 2.17. The molecule has 1 aromatic carbocycles. The fourth-order valence-electron chi connectivity index (χ4n) is 1.19. The molecule has 0 radical (unpaired) electrons. The highest BCUT2D eigenvalue weighted by atomic mass is 16.5. The number of hydrogen-bond donors (Lipinski definition) is 1. The standard InChI is InChI=1S/C12H19NO/c1-4-13-11-7-5-6-8-12(11)14-9-10(2)3/h5-8,10,13H,4,9H2,1-3H3. The van der Waals surface area contributed by atoms with E-state index >= 15 is 0 Å². The van der Waals surface area contributed by atoms with Gasteiger partial charge >= 0.3 is 0 Å². The molecule has 0 bridgehead atoms. The number of benzene rings is 1. The molecule has 1 N–H and O–H groups in total. The van der Waals surface area contributed by atoms with Crippen LogP contribution in [0.25, 0.3) is 0 Å².